The molecule has 0 spiro atoms. The summed E-state index contributed by atoms with van der Waals surface area (Å²) in [6.07, 6.45) is 4.26. The second-order valence-corrected chi connectivity index (χ2v) is 6.50. The first-order valence-corrected chi connectivity index (χ1v) is 8.34. The Hall–Kier alpha value is -2.80. The molecule has 1 fully saturated rings. The highest BCUT2D eigenvalue weighted by Gasteiger charge is 2.48. The number of amidine groups is 1. The molecule has 0 unspecified atom stereocenters. The van der Waals surface area contributed by atoms with Crippen LogP contribution >= 0.6 is 0 Å². The van der Waals surface area contributed by atoms with Crippen molar-refractivity contribution in [3.8, 4) is 17.2 Å². The lowest BCUT2D eigenvalue weighted by atomic mass is 9.74. The molecule has 4 rings (SSSR count). The van der Waals surface area contributed by atoms with Crippen molar-refractivity contribution in [2.45, 2.75) is 37.3 Å². The molecule has 4 nitrogen and oxygen atoms in total. The molecule has 1 aliphatic carbocycles. The average molecular weight is 317 g/mol. The van der Waals surface area contributed by atoms with E-state index in [-0.39, 0.29) is 11.6 Å². The molecular weight excluding hydrogens is 298 g/mol. The molecule has 2 aromatic rings. The van der Waals surface area contributed by atoms with Gasteiger partial charge in [-0.25, -0.2) is 4.99 Å². The van der Waals surface area contributed by atoms with Gasteiger partial charge in [-0.3, -0.25) is 0 Å². The molecule has 1 aliphatic heterocycles. The Balaban J connectivity index is 1.79. The fourth-order valence-electron chi connectivity index (χ4n) is 3.91. The van der Waals surface area contributed by atoms with Crippen LogP contribution in [0.15, 0.2) is 53.5 Å². The maximum Gasteiger partial charge on any atom is 0.283 e. The summed E-state index contributed by atoms with van der Waals surface area (Å²) < 4.78 is 5.79. The molecule has 0 bridgehead atoms. The number of ether oxygens (including phenoxy) is 1. The first-order chi connectivity index (χ1) is 11.7. The Morgan fingerprint density at radius 1 is 1.12 bits per heavy atom. The van der Waals surface area contributed by atoms with Gasteiger partial charge in [0.1, 0.15) is 11.6 Å². The van der Waals surface area contributed by atoms with Gasteiger partial charge in [0.2, 0.25) is 0 Å². The third kappa shape index (κ3) is 2.33. The van der Waals surface area contributed by atoms with Crippen molar-refractivity contribution in [1.82, 2.24) is 0 Å². The first-order valence-electron chi connectivity index (χ1n) is 8.34. The van der Waals surface area contributed by atoms with Gasteiger partial charge >= 0.3 is 0 Å². The Labute approximate surface area is 141 Å². The lowest BCUT2D eigenvalue weighted by Gasteiger charge is -2.35. The van der Waals surface area contributed by atoms with Crippen LogP contribution in [-0.2, 0) is 10.3 Å². The van der Waals surface area contributed by atoms with Crippen molar-refractivity contribution >= 4 is 6.02 Å². The number of rotatable bonds is 2. The number of nitrogens with zero attached hydrogens (tertiary/aromatic N) is 2. The molecule has 2 aliphatic rings. The molecule has 1 saturated carbocycles. The van der Waals surface area contributed by atoms with Crippen LogP contribution in [0.5, 0.6) is 0 Å². The number of hydrogen-bond acceptors (Lipinski definition) is 4. The standard InChI is InChI=1S/C20H19N3O/c21-13-14-5-3-6-15(11-14)16-7-4-8-17(12-16)20-10-2-1-9-18(20)24-19(22)23-20/h3-8,11-12,18H,1-2,9-10H2,(H2,22,23)/t18-,20-/m1/s1. The van der Waals surface area contributed by atoms with E-state index < -0.39 is 0 Å². The van der Waals surface area contributed by atoms with Crippen molar-refractivity contribution in [3.05, 3.63) is 59.7 Å². The van der Waals surface area contributed by atoms with Crippen LogP contribution in [0.2, 0.25) is 0 Å². The van der Waals surface area contributed by atoms with E-state index in [1.165, 1.54) is 0 Å². The Morgan fingerprint density at radius 3 is 2.75 bits per heavy atom. The van der Waals surface area contributed by atoms with Crippen molar-refractivity contribution in [2.75, 3.05) is 0 Å². The first kappa shape index (κ1) is 14.8. The lowest BCUT2D eigenvalue weighted by molar-refractivity contribution is 0.0907. The normalized spacial score (nSPS) is 25.3. The van der Waals surface area contributed by atoms with E-state index in [0.717, 1.165) is 42.4 Å². The fraction of sp³-hybridized carbons (Fsp3) is 0.300. The highest BCUT2D eigenvalue weighted by Crippen LogP contribution is 2.46. The number of hydrogen-bond donors (Lipinski definition) is 1. The topological polar surface area (TPSA) is 71.4 Å². The fourth-order valence-corrected chi connectivity index (χ4v) is 3.91. The second-order valence-electron chi connectivity index (χ2n) is 6.50. The quantitative estimate of drug-likeness (QED) is 0.918. The minimum Gasteiger partial charge on any atom is -0.459 e. The second kappa shape index (κ2) is 5.68. The lowest BCUT2D eigenvalue weighted by Crippen LogP contribution is -2.38. The van der Waals surface area contributed by atoms with Crippen LogP contribution < -0.4 is 5.73 Å². The molecule has 0 amide bonds. The molecule has 4 heteroatoms. The average Bonchev–Trinajstić information content (AvgIpc) is 2.99. The molecule has 0 aromatic heterocycles. The van der Waals surface area contributed by atoms with Gasteiger partial charge in [0.25, 0.3) is 6.02 Å². The Bertz CT molecular complexity index is 852. The van der Waals surface area contributed by atoms with E-state index in [2.05, 4.69) is 24.3 Å². The van der Waals surface area contributed by atoms with Gasteiger partial charge in [-0.15, -0.1) is 0 Å². The van der Waals surface area contributed by atoms with Gasteiger partial charge < -0.3 is 10.5 Å². The summed E-state index contributed by atoms with van der Waals surface area (Å²) in [4.78, 5) is 4.70. The molecular formula is C20H19N3O. The summed E-state index contributed by atoms with van der Waals surface area (Å²) in [7, 11) is 0. The summed E-state index contributed by atoms with van der Waals surface area (Å²) in [5.41, 5.74) is 9.48. The van der Waals surface area contributed by atoms with Crippen molar-refractivity contribution in [2.24, 2.45) is 10.7 Å². The van der Waals surface area contributed by atoms with Crippen molar-refractivity contribution in [1.29, 1.82) is 5.26 Å². The molecule has 120 valence electrons. The smallest absolute Gasteiger partial charge is 0.283 e. The molecule has 24 heavy (non-hydrogen) atoms. The zero-order chi connectivity index (χ0) is 16.6. The van der Waals surface area contributed by atoms with Gasteiger partial charge in [0, 0.05) is 0 Å². The van der Waals surface area contributed by atoms with Crippen LogP contribution in [0.3, 0.4) is 0 Å². The van der Waals surface area contributed by atoms with Crippen LogP contribution in [0.1, 0.15) is 36.8 Å². The van der Waals surface area contributed by atoms with Gasteiger partial charge in [-0.2, -0.15) is 5.26 Å². The predicted octanol–water partition coefficient (Wildman–Crippen LogP) is 3.71. The monoisotopic (exact) mass is 317 g/mol. The Kier molecular flexibility index (Phi) is 3.50. The molecule has 1 heterocycles. The van der Waals surface area contributed by atoms with Gasteiger partial charge in [-0.05, 0) is 54.2 Å². The van der Waals surface area contributed by atoms with Gasteiger partial charge in [0.05, 0.1) is 11.6 Å². The Morgan fingerprint density at radius 2 is 1.92 bits per heavy atom. The highest BCUT2D eigenvalue weighted by molar-refractivity contribution is 5.75. The largest absolute Gasteiger partial charge is 0.459 e. The van der Waals surface area contributed by atoms with Crippen LogP contribution in [0.25, 0.3) is 11.1 Å². The molecule has 2 aromatic carbocycles. The van der Waals surface area contributed by atoms with E-state index in [1.54, 1.807) is 0 Å². The maximum atomic E-state index is 9.12. The van der Waals surface area contributed by atoms with E-state index >= 15 is 0 Å². The van der Waals surface area contributed by atoms with Gasteiger partial charge in [0.15, 0.2) is 0 Å². The zero-order valence-corrected chi connectivity index (χ0v) is 13.4. The van der Waals surface area contributed by atoms with Crippen LogP contribution in [-0.4, -0.2) is 12.1 Å². The van der Waals surface area contributed by atoms with E-state index in [4.69, 9.17) is 20.7 Å². The van der Waals surface area contributed by atoms with E-state index in [9.17, 15) is 0 Å². The van der Waals surface area contributed by atoms with Crippen molar-refractivity contribution in [3.63, 3.8) is 0 Å². The minimum absolute atomic E-state index is 0.0342. The summed E-state index contributed by atoms with van der Waals surface area (Å²) >= 11 is 0. The third-order valence-electron chi connectivity index (χ3n) is 5.07. The molecule has 0 saturated heterocycles. The number of nitriles is 1. The van der Waals surface area contributed by atoms with Gasteiger partial charge in [-0.1, -0.05) is 36.8 Å². The van der Waals surface area contributed by atoms with Crippen LogP contribution in [0.4, 0.5) is 0 Å². The van der Waals surface area contributed by atoms with Crippen molar-refractivity contribution < 1.29 is 4.74 Å². The highest BCUT2D eigenvalue weighted by atomic mass is 16.5. The number of benzene rings is 2. The maximum absolute atomic E-state index is 9.12. The third-order valence-corrected chi connectivity index (χ3v) is 5.07. The number of nitrogens with two attached hydrogens (primary N) is 1. The van der Waals surface area contributed by atoms with E-state index in [1.807, 2.05) is 30.3 Å². The summed E-state index contributed by atoms with van der Waals surface area (Å²) in [6.45, 7) is 0. The molecule has 2 atom stereocenters. The van der Waals surface area contributed by atoms with E-state index in [0.29, 0.717) is 11.6 Å². The number of fused-ring (bicyclic) bond motifs is 1. The predicted molar refractivity (Wildman–Crippen MR) is 93.2 cm³/mol. The van der Waals surface area contributed by atoms with Crippen LogP contribution in [0, 0.1) is 11.3 Å². The molecule has 2 N–H and O–H groups in total. The summed E-state index contributed by atoms with van der Waals surface area (Å²) in [5.74, 6) is 0. The SMILES string of the molecule is N#Cc1cccc(-c2cccc([C@]34CCCC[C@H]3OC(N)=N4)c2)c1. The minimum atomic E-state index is -0.356. The summed E-state index contributed by atoms with van der Waals surface area (Å²) in [6, 6.07) is 18.6. The molecule has 0 radical (unpaired) electrons. The number of aliphatic imine (C=N–C) groups is 1. The summed E-state index contributed by atoms with van der Waals surface area (Å²) in [5, 5.41) is 9.12. The zero-order valence-electron chi connectivity index (χ0n) is 13.4.